The molecule has 0 atom stereocenters. The van der Waals surface area contributed by atoms with Gasteiger partial charge in [0.05, 0.1) is 20.2 Å². The van der Waals surface area contributed by atoms with Crippen LogP contribution >= 0.6 is 15.9 Å². The molecular weight excluding hydrogens is 352 g/mol. The largest absolute Gasteiger partial charge is 0.495 e. The van der Waals surface area contributed by atoms with Crippen molar-refractivity contribution >= 4 is 37.8 Å². The minimum Gasteiger partial charge on any atom is -0.495 e. The Bertz CT molecular complexity index is 657. The number of nitrogens with one attached hydrogen (secondary N) is 1. The summed E-state index contributed by atoms with van der Waals surface area (Å²) < 4.78 is 31.4. The molecule has 7 nitrogen and oxygen atoms in total. The molecule has 1 fully saturated rings. The average molecular weight is 363 g/mol. The zero-order valence-corrected chi connectivity index (χ0v) is 12.8. The van der Waals surface area contributed by atoms with E-state index in [0.29, 0.717) is 4.47 Å². The van der Waals surface area contributed by atoms with Gasteiger partial charge in [0.15, 0.2) is 0 Å². The highest BCUT2D eigenvalue weighted by molar-refractivity contribution is 9.10. The van der Waals surface area contributed by atoms with Gasteiger partial charge in [-0.25, -0.2) is 8.42 Å². The highest BCUT2D eigenvalue weighted by atomic mass is 79.9. The molecule has 2 rings (SSSR count). The molecule has 0 radical (unpaired) electrons. The number of hydrogen-bond acceptors (Lipinski definition) is 5. The van der Waals surface area contributed by atoms with Crippen LogP contribution in [0, 0.1) is 0 Å². The van der Waals surface area contributed by atoms with Crippen molar-refractivity contribution in [3.05, 3.63) is 22.7 Å². The summed E-state index contributed by atoms with van der Waals surface area (Å²) in [6, 6.07) is 4.49. The molecule has 20 heavy (non-hydrogen) atoms. The van der Waals surface area contributed by atoms with E-state index in [4.69, 9.17) is 4.74 Å². The molecule has 1 aromatic rings. The maximum atomic E-state index is 12.5. The minimum absolute atomic E-state index is 0.100. The van der Waals surface area contributed by atoms with Gasteiger partial charge in [0, 0.05) is 4.47 Å². The topological polar surface area (TPSA) is 92.8 Å². The smallest absolute Gasteiger partial charge is 0.247 e. The monoisotopic (exact) mass is 362 g/mol. The summed E-state index contributed by atoms with van der Waals surface area (Å²) in [6.07, 6.45) is 0. The molecule has 1 saturated heterocycles. The van der Waals surface area contributed by atoms with Crippen LogP contribution < -0.4 is 10.1 Å². The highest BCUT2D eigenvalue weighted by Gasteiger charge is 2.34. The van der Waals surface area contributed by atoms with Crippen LogP contribution in [-0.2, 0) is 19.6 Å². The minimum atomic E-state index is -4.00. The van der Waals surface area contributed by atoms with Crippen LogP contribution in [0.1, 0.15) is 0 Å². The molecule has 0 aliphatic carbocycles. The van der Waals surface area contributed by atoms with Crippen molar-refractivity contribution in [2.45, 2.75) is 4.90 Å². The Labute approximate surface area is 124 Å². The summed E-state index contributed by atoms with van der Waals surface area (Å²) in [5, 5.41) is 2.05. The number of imide groups is 1. The van der Waals surface area contributed by atoms with E-state index in [9.17, 15) is 18.0 Å². The summed E-state index contributed by atoms with van der Waals surface area (Å²) in [5.74, 6) is -1.16. The van der Waals surface area contributed by atoms with Crippen molar-refractivity contribution in [3.8, 4) is 5.75 Å². The van der Waals surface area contributed by atoms with Crippen LogP contribution in [0.5, 0.6) is 5.75 Å². The third-order valence-corrected chi connectivity index (χ3v) is 4.97. The van der Waals surface area contributed by atoms with Crippen LogP contribution in [0.3, 0.4) is 0 Å². The lowest BCUT2D eigenvalue weighted by Gasteiger charge is -2.25. The first-order valence-corrected chi connectivity index (χ1v) is 7.74. The Kier molecular flexibility index (Phi) is 4.11. The van der Waals surface area contributed by atoms with Gasteiger partial charge in [0.2, 0.25) is 21.8 Å². The number of benzene rings is 1. The second kappa shape index (κ2) is 5.51. The standard InChI is InChI=1S/C11H11BrN2O5S/c1-19-8-3-2-7(12)4-9(8)20(17,18)14-5-10(15)13-11(16)6-14/h2-4H,5-6H2,1H3,(H,13,15,16). The molecule has 0 spiro atoms. The fourth-order valence-corrected chi connectivity index (χ4v) is 3.82. The van der Waals surface area contributed by atoms with E-state index in [1.54, 1.807) is 6.07 Å². The Morgan fingerprint density at radius 3 is 2.40 bits per heavy atom. The van der Waals surface area contributed by atoms with Crippen molar-refractivity contribution in [2.24, 2.45) is 0 Å². The number of halogens is 1. The second-order valence-electron chi connectivity index (χ2n) is 4.04. The molecule has 2 amide bonds. The number of carbonyl (C=O) groups is 2. The maximum Gasteiger partial charge on any atom is 0.247 e. The number of piperazine rings is 1. The fraction of sp³-hybridized carbons (Fsp3) is 0.273. The number of amides is 2. The van der Waals surface area contributed by atoms with E-state index in [1.807, 2.05) is 5.32 Å². The van der Waals surface area contributed by atoms with Crippen molar-refractivity contribution in [3.63, 3.8) is 0 Å². The molecule has 108 valence electrons. The zero-order valence-electron chi connectivity index (χ0n) is 10.4. The van der Waals surface area contributed by atoms with E-state index in [2.05, 4.69) is 15.9 Å². The zero-order chi connectivity index (χ0) is 14.9. The van der Waals surface area contributed by atoms with Gasteiger partial charge in [-0.2, -0.15) is 4.31 Å². The number of nitrogens with zero attached hydrogens (tertiary/aromatic N) is 1. The van der Waals surface area contributed by atoms with E-state index in [-0.39, 0.29) is 10.6 Å². The number of carbonyl (C=O) groups excluding carboxylic acids is 2. The summed E-state index contributed by atoms with van der Waals surface area (Å²) >= 11 is 3.18. The van der Waals surface area contributed by atoms with Gasteiger partial charge in [-0.15, -0.1) is 0 Å². The Balaban J connectivity index is 2.47. The third-order valence-electron chi connectivity index (χ3n) is 2.66. The van der Waals surface area contributed by atoms with Gasteiger partial charge in [0.25, 0.3) is 0 Å². The lowest BCUT2D eigenvalue weighted by molar-refractivity contribution is -0.134. The van der Waals surface area contributed by atoms with Crippen LogP contribution in [0.4, 0.5) is 0 Å². The first-order valence-electron chi connectivity index (χ1n) is 5.51. The molecule has 1 N–H and O–H groups in total. The maximum absolute atomic E-state index is 12.5. The predicted octanol–water partition coefficient (Wildman–Crippen LogP) is 0.105. The highest BCUT2D eigenvalue weighted by Crippen LogP contribution is 2.29. The Morgan fingerprint density at radius 2 is 1.85 bits per heavy atom. The number of hydrogen-bond donors (Lipinski definition) is 1. The number of rotatable bonds is 3. The molecule has 1 aromatic carbocycles. The molecule has 1 aliphatic heterocycles. The van der Waals surface area contributed by atoms with Crippen molar-refractivity contribution < 1.29 is 22.7 Å². The van der Waals surface area contributed by atoms with E-state index in [1.165, 1.54) is 19.2 Å². The lowest BCUT2D eigenvalue weighted by Crippen LogP contribution is -2.53. The first kappa shape index (κ1) is 14.9. The van der Waals surface area contributed by atoms with E-state index < -0.39 is 34.9 Å². The molecule has 0 aromatic heterocycles. The Morgan fingerprint density at radius 1 is 1.25 bits per heavy atom. The van der Waals surface area contributed by atoms with Crippen LogP contribution in [0.2, 0.25) is 0 Å². The van der Waals surface area contributed by atoms with Gasteiger partial charge in [-0.1, -0.05) is 15.9 Å². The van der Waals surface area contributed by atoms with Gasteiger partial charge < -0.3 is 4.74 Å². The molecule has 0 bridgehead atoms. The van der Waals surface area contributed by atoms with Gasteiger partial charge >= 0.3 is 0 Å². The number of methoxy groups -OCH3 is 1. The molecule has 0 saturated carbocycles. The molecular formula is C11H11BrN2O5S. The van der Waals surface area contributed by atoms with Crippen LogP contribution in [-0.4, -0.2) is 44.7 Å². The average Bonchev–Trinajstić information content (AvgIpc) is 2.37. The fourth-order valence-electron chi connectivity index (χ4n) is 1.77. The molecule has 1 heterocycles. The number of sulfonamides is 1. The number of ether oxygens (including phenoxy) is 1. The SMILES string of the molecule is COc1ccc(Br)cc1S(=O)(=O)N1CC(=O)NC(=O)C1. The van der Waals surface area contributed by atoms with E-state index >= 15 is 0 Å². The quantitative estimate of drug-likeness (QED) is 0.770. The Hall–Kier alpha value is -1.45. The van der Waals surface area contributed by atoms with Crippen LogP contribution in [0.15, 0.2) is 27.6 Å². The molecule has 9 heteroatoms. The summed E-state index contributed by atoms with van der Waals surface area (Å²) in [7, 11) is -2.65. The molecule has 0 unspecified atom stereocenters. The summed E-state index contributed by atoms with van der Waals surface area (Å²) in [6.45, 7) is -0.798. The van der Waals surface area contributed by atoms with Gasteiger partial charge in [-0.05, 0) is 18.2 Å². The van der Waals surface area contributed by atoms with Gasteiger partial charge in [0.1, 0.15) is 10.6 Å². The first-order chi connectivity index (χ1) is 9.34. The van der Waals surface area contributed by atoms with Crippen molar-refractivity contribution in [2.75, 3.05) is 20.2 Å². The van der Waals surface area contributed by atoms with Gasteiger partial charge in [-0.3, -0.25) is 14.9 Å². The lowest BCUT2D eigenvalue weighted by atomic mass is 10.3. The predicted molar refractivity (Wildman–Crippen MR) is 72.6 cm³/mol. The normalized spacial score (nSPS) is 16.9. The van der Waals surface area contributed by atoms with Crippen molar-refractivity contribution in [1.82, 2.24) is 9.62 Å². The summed E-state index contributed by atoms with van der Waals surface area (Å²) in [5.41, 5.74) is 0. The third kappa shape index (κ3) is 2.84. The van der Waals surface area contributed by atoms with E-state index in [0.717, 1.165) is 4.31 Å². The summed E-state index contributed by atoms with van der Waals surface area (Å²) in [4.78, 5) is 22.5. The molecule has 1 aliphatic rings. The van der Waals surface area contributed by atoms with Crippen LogP contribution in [0.25, 0.3) is 0 Å². The van der Waals surface area contributed by atoms with Crippen molar-refractivity contribution in [1.29, 1.82) is 0 Å². The second-order valence-corrected chi connectivity index (χ2v) is 6.86.